The molecule has 0 unspecified atom stereocenters. The zero-order chi connectivity index (χ0) is 22.4. The summed E-state index contributed by atoms with van der Waals surface area (Å²) >= 11 is 0. The smallest absolute Gasteiger partial charge is 0.285 e. The third-order valence-corrected chi connectivity index (χ3v) is 5.12. The van der Waals surface area contributed by atoms with Gasteiger partial charge in [0.15, 0.2) is 0 Å². The summed E-state index contributed by atoms with van der Waals surface area (Å²) in [6.45, 7) is 6.95. The normalized spacial score (nSPS) is 11.6. The summed E-state index contributed by atoms with van der Waals surface area (Å²) in [4.78, 5) is 49.2. The third-order valence-electron chi connectivity index (χ3n) is 5.12. The standard InChI is InChI=1S/C21H26N4O5/c1-5-15(3)24(12-19(26)22-18-8-6-7-14(2)16(18)4)21(28)13-23-11-17(25(29)30)9-10-20(23)27/h6-11,15H,5,12-13H2,1-4H3,(H,22,26)/t15-/m0/s1. The van der Waals surface area contributed by atoms with E-state index in [0.29, 0.717) is 12.1 Å². The van der Waals surface area contributed by atoms with Gasteiger partial charge in [-0.15, -0.1) is 0 Å². The molecule has 0 radical (unpaired) electrons. The summed E-state index contributed by atoms with van der Waals surface area (Å²) in [5, 5.41) is 13.8. The maximum absolute atomic E-state index is 12.9. The largest absolute Gasteiger partial charge is 0.329 e. The highest BCUT2D eigenvalue weighted by molar-refractivity contribution is 5.95. The van der Waals surface area contributed by atoms with Gasteiger partial charge in [0.1, 0.15) is 13.1 Å². The Morgan fingerprint density at radius 3 is 2.57 bits per heavy atom. The number of aromatic nitrogens is 1. The molecule has 1 heterocycles. The number of nitro groups is 1. The van der Waals surface area contributed by atoms with Crippen molar-refractivity contribution in [1.29, 1.82) is 0 Å². The van der Waals surface area contributed by atoms with Crippen molar-refractivity contribution in [2.75, 3.05) is 11.9 Å². The molecule has 1 aromatic heterocycles. The maximum Gasteiger partial charge on any atom is 0.285 e. The summed E-state index contributed by atoms with van der Waals surface area (Å²) in [7, 11) is 0. The van der Waals surface area contributed by atoms with Gasteiger partial charge in [0.05, 0.1) is 11.1 Å². The lowest BCUT2D eigenvalue weighted by Gasteiger charge is -2.28. The van der Waals surface area contributed by atoms with Gasteiger partial charge in [0, 0.05) is 23.9 Å². The van der Waals surface area contributed by atoms with E-state index in [2.05, 4.69) is 5.32 Å². The number of carbonyl (C=O) groups excluding carboxylic acids is 2. The number of benzene rings is 1. The first-order valence-electron chi connectivity index (χ1n) is 9.64. The van der Waals surface area contributed by atoms with Crippen LogP contribution < -0.4 is 10.9 Å². The van der Waals surface area contributed by atoms with Crippen LogP contribution in [0.4, 0.5) is 11.4 Å². The highest BCUT2D eigenvalue weighted by atomic mass is 16.6. The minimum absolute atomic E-state index is 0.190. The van der Waals surface area contributed by atoms with Crippen LogP contribution in [-0.2, 0) is 16.1 Å². The van der Waals surface area contributed by atoms with E-state index in [1.54, 1.807) is 13.0 Å². The summed E-state index contributed by atoms with van der Waals surface area (Å²) in [6.07, 6.45) is 1.64. The van der Waals surface area contributed by atoms with Crippen molar-refractivity contribution in [2.24, 2.45) is 0 Å². The quantitative estimate of drug-likeness (QED) is 0.527. The van der Waals surface area contributed by atoms with Crippen molar-refractivity contribution < 1.29 is 14.5 Å². The molecule has 1 N–H and O–H groups in total. The Hall–Kier alpha value is -3.49. The van der Waals surface area contributed by atoms with E-state index in [1.807, 2.05) is 32.9 Å². The highest BCUT2D eigenvalue weighted by Crippen LogP contribution is 2.18. The van der Waals surface area contributed by atoms with Crippen LogP contribution in [0.5, 0.6) is 0 Å². The molecular weight excluding hydrogens is 388 g/mol. The molecule has 0 saturated heterocycles. The predicted molar refractivity (Wildman–Crippen MR) is 113 cm³/mol. The molecule has 9 heteroatoms. The molecule has 1 atom stereocenters. The Balaban J connectivity index is 2.19. The van der Waals surface area contributed by atoms with Crippen molar-refractivity contribution in [2.45, 2.75) is 46.7 Å². The lowest BCUT2D eigenvalue weighted by atomic mass is 10.1. The van der Waals surface area contributed by atoms with E-state index in [-0.39, 0.29) is 30.7 Å². The Morgan fingerprint density at radius 2 is 1.93 bits per heavy atom. The predicted octanol–water partition coefficient (Wildman–Crippen LogP) is 2.64. The van der Waals surface area contributed by atoms with E-state index in [4.69, 9.17) is 0 Å². The fourth-order valence-corrected chi connectivity index (χ4v) is 2.93. The zero-order valence-electron chi connectivity index (χ0n) is 17.5. The number of pyridine rings is 1. The molecule has 0 fully saturated rings. The van der Waals surface area contributed by atoms with E-state index >= 15 is 0 Å². The first kappa shape index (κ1) is 22.8. The molecule has 2 rings (SSSR count). The Morgan fingerprint density at radius 1 is 1.23 bits per heavy atom. The van der Waals surface area contributed by atoms with Gasteiger partial charge in [-0.25, -0.2) is 0 Å². The van der Waals surface area contributed by atoms with Crippen molar-refractivity contribution in [3.63, 3.8) is 0 Å². The van der Waals surface area contributed by atoms with Crippen LogP contribution in [0.15, 0.2) is 41.3 Å². The van der Waals surface area contributed by atoms with Crippen molar-refractivity contribution >= 4 is 23.2 Å². The number of aryl methyl sites for hydroxylation is 1. The maximum atomic E-state index is 12.9. The summed E-state index contributed by atoms with van der Waals surface area (Å²) in [5.41, 5.74) is 1.83. The summed E-state index contributed by atoms with van der Waals surface area (Å²) in [6, 6.07) is 7.45. The SMILES string of the molecule is CC[C@H](C)N(CC(=O)Nc1cccc(C)c1C)C(=O)Cn1cc([N+](=O)[O-])ccc1=O. The minimum atomic E-state index is -0.634. The average Bonchev–Trinajstić information content (AvgIpc) is 2.70. The van der Waals surface area contributed by atoms with Gasteiger partial charge in [-0.2, -0.15) is 0 Å². The zero-order valence-corrected chi connectivity index (χ0v) is 17.5. The second-order valence-electron chi connectivity index (χ2n) is 7.19. The lowest BCUT2D eigenvalue weighted by molar-refractivity contribution is -0.385. The van der Waals surface area contributed by atoms with Crippen molar-refractivity contribution in [3.05, 3.63) is 68.1 Å². The molecule has 1 aromatic carbocycles. The lowest BCUT2D eigenvalue weighted by Crippen LogP contribution is -2.45. The molecular formula is C21H26N4O5. The molecule has 2 amide bonds. The van der Waals surface area contributed by atoms with Gasteiger partial charge in [-0.1, -0.05) is 19.1 Å². The second-order valence-corrected chi connectivity index (χ2v) is 7.19. The number of nitrogens with one attached hydrogen (secondary N) is 1. The van der Waals surface area contributed by atoms with Gasteiger partial charge in [0.25, 0.3) is 11.2 Å². The molecule has 0 saturated carbocycles. The Labute approximate surface area is 174 Å². The third kappa shape index (κ3) is 5.53. The highest BCUT2D eigenvalue weighted by Gasteiger charge is 2.23. The first-order valence-corrected chi connectivity index (χ1v) is 9.64. The van der Waals surface area contributed by atoms with Crippen LogP contribution in [0.3, 0.4) is 0 Å². The number of rotatable bonds is 8. The van der Waals surface area contributed by atoms with E-state index in [9.17, 15) is 24.5 Å². The number of amides is 2. The van der Waals surface area contributed by atoms with Crippen LogP contribution in [0, 0.1) is 24.0 Å². The second kappa shape index (κ2) is 9.82. The number of hydrogen-bond donors (Lipinski definition) is 1. The fraction of sp³-hybridized carbons (Fsp3) is 0.381. The van der Waals surface area contributed by atoms with Gasteiger partial charge in [0.2, 0.25) is 11.8 Å². The van der Waals surface area contributed by atoms with Gasteiger partial charge < -0.3 is 10.2 Å². The van der Waals surface area contributed by atoms with Crippen LogP contribution in [0.25, 0.3) is 0 Å². The number of carbonyl (C=O) groups is 2. The van der Waals surface area contributed by atoms with E-state index in [0.717, 1.165) is 34.0 Å². The molecule has 160 valence electrons. The molecule has 30 heavy (non-hydrogen) atoms. The number of anilines is 1. The fourth-order valence-electron chi connectivity index (χ4n) is 2.93. The van der Waals surface area contributed by atoms with Crippen LogP contribution in [0.1, 0.15) is 31.4 Å². The molecule has 2 aromatic rings. The van der Waals surface area contributed by atoms with E-state index < -0.39 is 16.4 Å². The molecule has 0 aliphatic heterocycles. The monoisotopic (exact) mass is 414 g/mol. The topological polar surface area (TPSA) is 115 Å². The van der Waals surface area contributed by atoms with Crippen molar-refractivity contribution in [3.8, 4) is 0 Å². The van der Waals surface area contributed by atoms with Crippen LogP contribution >= 0.6 is 0 Å². The molecule has 0 aliphatic carbocycles. The molecule has 9 nitrogen and oxygen atoms in total. The molecule has 0 bridgehead atoms. The average molecular weight is 414 g/mol. The first-order chi connectivity index (χ1) is 14.1. The molecule has 0 spiro atoms. The summed E-state index contributed by atoms with van der Waals surface area (Å²) < 4.78 is 0.985. The summed E-state index contributed by atoms with van der Waals surface area (Å²) in [5.74, 6) is -0.827. The Kier molecular flexibility index (Phi) is 7.46. The number of hydrogen-bond acceptors (Lipinski definition) is 5. The van der Waals surface area contributed by atoms with Gasteiger partial charge in [-0.3, -0.25) is 29.1 Å². The Bertz CT molecular complexity index is 1010. The minimum Gasteiger partial charge on any atom is -0.329 e. The van der Waals surface area contributed by atoms with Crippen molar-refractivity contribution in [1.82, 2.24) is 9.47 Å². The van der Waals surface area contributed by atoms with E-state index in [1.165, 1.54) is 4.90 Å². The van der Waals surface area contributed by atoms with Gasteiger partial charge >= 0.3 is 0 Å². The number of nitrogens with zero attached hydrogens (tertiary/aromatic N) is 3. The van der Waals surface area contributed by atoms with Crippen LogP contribution in [0.2, 0.25) is 0 Å². The molecule has 0 aliphatic rings. The van der Waals surface area contributed by atoms with Gasteiger partial charge in [-0.05, 0) is 44.4 Å². The van der Waals surface area contributed by atoms with Crippen LogP contribution in [-0.4, -0.2) is 38.8 Å².